The predicted molar refractivity (Wildman–Crippen MR) is 66.2 cm³/mol. The van der Waals surface area contributed by atoms with Gasteiger partial charge in [-0.15, -0.1) is 0 Å². The summed E-state index contributed by atoms with van der Waals surface area (Å²) < 4.78 is 0. The van der Waals surface area contributed by atoms with Gasteiger partial charge < -0.3 is 10.2 Å². The van der Waals surface area contributed by atoms with Gasteiger partial charge >= 0.3 is 11.9 Å². The van der Waals surface area contributed by atoms with Crippen LogP contribution in [0, 0.1) is 16.7 Å². The minimum atomic E-state index is -1.52. The molecule has 2 N–H and O–H groups in total. The molecule has 2 saturated carbocycles. The van der Waals surface area contributed by atoms with Crippen LogP contribution in [0.1, 0.15) is 58.3 Å². The second-order valence-corrected chi connectivity index (χ2v) is 6.37. The molecule has 0 unspecified atom stereocenters. The van der Waals surface area contributed by atoms with E-state index < -0.39 is 17.4 Å². The molecule has 1 spiro atoms. The van der Waals surface area contributed by atoms with Crippen LogP contribution >= 0.6 is 0 Å². The van der Waals surface area contributed by atoms with Crippen LogP contribution in [0.4, 0.5) is 0 Å². The van der Waals surface area contributed by atoms with E-state index in [0.29, 0.717) is 12.8 Å². The molecule has 102 valence electrons. The Labute approximate surface area is 107 Å². The van der Waals surface area contributed by atoms with Crippen LogP contribution in [0.3, 0.4) is 0 Å². The molecule has 18 heavy (non-hydrogen) atoms. The zero-order valence-electron chi connectivity index (χ0n) is 10.9. The van der Waals surface area contributed by atoms with E-state index in [0.717, 1.165) is 31.6 Å². The first-order valence-electron chi connectivity index (χ1n) is 6.87. The van der Waals surface area contributed by atoms with Crippen LogP contribution in [-0.2, 0) is 9.59 Å². The van der Waals surface area contributed by atoms with Gasteiger partial charge in [0.25, 0.3) is 0 Å². The molecule has 0 aliphatic heterocycles. The van der Waals surface area contributed by atoms with Crippen molar-refractivity contribution in [2.75, 3.05) is 0 Å². The van der Waals surface area contributed by atoms with Crippen molar-refractivity contribution in [3.05, 3.63) is 0 Å². The highest BCUT2D eigenvalue weighted by atomic mass is 16.4. The van der Waals surface area contributed by atoms with Gasteiger partial charge in [0.2, 0.25) is 0 Å². The van der Waals surface area contributed by atoms with Gasteiger partial charge in [0.15, 0.2) is 5.41 Å². The lowest BCUT2D eigenvalue weighted by atomic mass is 9.58. The molecule has 4 heteroatoms. The third-order valence-electron chi connectivity index (χ3n) is 5.32. The summed E-state index contributed by atoms with van der Waals surface area (Å²) in [7, 11) is 0. The SMILES string of the molecule is CC1CCC2(CC1)CCC(C(=O)O)(C(=O)O)CC2. The highest BCUT2D eigenvalue weighted by Crippen LogP contribution is 2.53. The summed E-state index contributed by atoms with van der Waals surface area (Å²) in [4.78, 5) is 22.5. The van der Waals surface area contributed by atoms with Gasteiger partial charge in [0.1, 0.15) is 0 Å². The number of carboxylic acid groups (broad SMARTS) is 2. The molecular weight excluding hydrogens is 232 g/mol. The number of rotatable bonds is 2. The Balaban J connectivity index is 2.07. The molecule has 4 nitrogen and oxygen atoms in total. The standard InChI is InChI=1S/C14H22O4/c1-10-2-4-13(5-3-10)6-8-14(9-7-13,11(15)16)12(17)18/h10H,2-9H2,1H3,(H,15,16)(H,17,18). The van der Waals surface area contributed by atoms with Crippen molar-refractivity contribution in [3.8, 4) is 0 Å². The van der Waals surface area contributed by atoms with E-state index in [-0.39, 0.29) is 5.41 Å². The Kier molecular flexibility index (Phi) is 3.39. The summed E-state index contributed by atoms with van der Waals surface area (Å²) in [5.74, 6) is -1.55. The fourth-order valence-electron chi connectivity index (χ4n) is 3.60. The molecule has 0 radical (unpaired) electrons. The van der Waals surface area contributed by atoms with Gasteiger partial charge in [-0.1, -0.05) is 19.8 Å². The third-order valence-corrected chi connectivity index (χ3v) is 5.32. The van der Waals surface area contributed by atoms with Crippen molar-refractivity contribution in [2.45, 2.75) is 58.3 Å². The highest BCUT2D eigenvalue weighted by molar-refractivity contribution is 5.98. The summed E-state index contributed by atoms with van der Waals surface area (Å²) in [6, 6.07) is 0. The largest absolute Gasteiger partial charge is 0.480 e. The maximum atomic E-state index is 11.3. The maximum Gasteiger partial charge on any atom is 0.321 e. The van der Waals surface area contributed by atoms with Crippen molar-refractivity contribution >= 4 is 11.9 Å². The summed E-state index contributed by atoms with van der Waals surface area (Å²) in [5.41, 5.74) is -1.28. The van der Waals surface area contributed by atoms with Crippen molar-refractivity contribution in [3.63, 3.8) is 0 Å². The zero-order valence-corrected chi connectivity index (χ0v) is 10.9. The first-order chi connectivity index (χ1) is 8.40. The van der Waals surface area contributed by atoms with E-state index in [4.69, 9.17) is 0 Å². The number of carbonyl (C=O) groups is 2. The van der Waals surface area contributed by atoms with Gasteiger partial charge in [-0.3, -0.25) is 9.59 Å². The van der Waals surface area contributed by atoms with Crippen LogP contribution in [0.25, 0.3) is 0 Å². The number of hydrogen-bond donors (Lipinski definition) is 2. The fraction of sp³-hybridized carbons (Fsp3) is 0.857. The molecule has 2 aliphatic rings. The topological polar surface area (TPSA) is 74.6 Å². The van der Waals surface area contributed by atoms with E-state index in [1.807, 2.05) is 0 Å². The minimum Gasteiger partial charge on any atom is -0.480 e. The second kappa shape index (κ2) is 4.56. The molecule has 2 fully saturated rings. The first kappa shape index (κ1) is 13.4. The first-order valence-corrected chi connectivity index (χ1v) is 6.87. The maximum absolute atomic E-state index is 11.3. The Morgan fingerprint density at radius 2 is 1.33 bits per heavy atom. The van der Waals surface area contributed by atoms with E-state index in [1.54, 1.807) is 0 Å². The quantitative estimate of drug-likeness (QED) is 0.743. The summed E-state index contributed by atoms with van der Waals surface area (Å²) in [5, 5.41) is 18.4. The molecular formula is C14H22O4. The van der Waals surface area contributed by atoms with Crippen molar-refractivity contribution in [2.24, 2.45) is 16.7 Å². The summed E-state index contributed by atoms with van der Waals surface area (Å²) in [6.07, 6.45) is 6.81. The third kappa shape index (κ3) is 2.13. The molecule has 0 heterocycles. The molecule has 0 saturated heterocycles. The number of carboxylic acids is 2. The average molecular weight is 254 g/mol. The van der Waals surface area contributed by atoms with Crippen LogP contribution < -0.4 is 0 Å². The Morgan fingerprint density at radius 3 is 1.72 bits per heavy atom. The minimum absolute atomic E-state index is 0.237. The normalized spacial score (nSPS) is 26.9. The molecule has 0 atom stereocenters. The van der Waals surface area contributed by atoms with Gasteiger partial charge in [-0.05, 0) is 49.9 Å². The lowest BCUT2D eigenvalue weighted by Gasteiger charge is -2.46. The van der Waals surface area contributed by atoms with Crippen LogP contribution in [0.15, 0.2) is 0 Å². The fourth-order valence-corrected chi connectivity index (χ4v) is 3.60. The van der Waals surface area contributed by atoms with E-state index in [1.165, 1.54) is 12.8 Å². The predicted octanol–water partition coefficient (Wildman–Crippen LogP) is 2.91. The van der Waals surface area contributed by atoms with E-state index in [9.17, 15) is 19.8 Å². The lowest BCUT2D eigenvalue weighted by Crippen LogP contribution is -2.45. The molecule has 0 bridgehead atoms. The molecule has 0 amide bonds. The molecule has 0 aromatic heterocycles. The van der Waals surface area contributed by atoms with Gasteiger partial charge in [-0.25, -0.2) is 0 Å². The lowest BCUT2D eigenvalue weighted by molar-refractivity contribution is -0.169. The summed E-state index contributed by atoms with van der Waals surface area (Å²) in [6.45, 7) is 2.26. The number of aliphatic carboxylic acids is 2. The van der Waals surface area contributed by atoms with Crippen LogP contribution in [0.2, 0.25) is 0 Å². The number of hydrogen-bond acceptors (Lipinski definition) is 2. The Bertz CT molecular complexity index is 327. The second-order valence-electron chi connectivity index (χ2n) is 6.37. The van der Waals surface area contributed by atoms with Crippen molar-refractivity contribution in [1.82, 2.24) is 0 Å². The molecule has 2 aliphatic carbocycles. The Hall–Kier alpha value is -1.06. The van der Waals surface area contributed by atoms with Gasteiger partial charge in [-0.2, -0.15) is 0 Å². The van der Waals surface area contributed by atoms with Crippen molar-refractivity contribution < 1.29 is 19.8 Å². The smallest absolute Gasteiger partial charge is 0.321 e. The van der Waals surface area contributed by atoms with Gasteiger partial charge in [0.05, 0.1) is 0 Å². The molecule has 0 aromatic rings. The van der Waals surface area contributed by atoms with E-state index >= 15 is 0 Å². The molecule has 0 aromatic carbocycles. The van der Waals surface area contributed by atoms with Crippen LogP contribution in [0.5, 0.6) is 0 Å². The summed E-state index contributed by atoms with van der Waals surface area (Å²) >= 11 is 0. The van der Waals surface area contributed by atoms with E-state index in [2.05, 4.69) is 6.92 Å². The van der Waals surface area contributed by atoms with Crippen LogP contribution in [-0.4, -0.2) is 22.2 Å². The van der Waals surface area contributed by atoms with Gasteiger partial charge in [0, 0.05) is 0 Å². The zero-order chi connectivity index (χ0) is 13.4. The average Bonchev–Trinajstić information content (AvgIpc) is 2.34. The highest BCUT2D eigenvalue weighted by Gasteiger charge is 2.52. The van der Waals surface area contributed by atoms with Crippen molar-refractivity contribution in [1.29, 1.82) is 0 Å². The monoisotopic (exact) mass is 254 g/mol. The Morgan fingerprint density at radius 1 is 0.889 bits per heavy atom. The molecule has 2 rings (SSSR count).